The molecule has 0 saturated heterocycles. The minimum absolute atomic E-state index is 0.0163. The lowest BCUT2D eigenvalue weighted by atomic mass is 10.1. The van der Waals surface area contributed by atoms with Gasteiger partial charge >= 0.3 is 5.97 Å². The topological polar surface area (TPSA) is 107 Å². The summed E-state index contributed by atoms with van der Waals surface area (Å²) in [5.41, 5.74) is 6.76. The Morgan fingerprint density at radius 1 is 1.56 bits per heavy atom. The van der Waals surface area contributed by atoms with Crippen LogP contribution in [0, 0.1) is 11.3 Å². The van der Waals surface area contributed by atoms with Crippen molar-refractivity contribution in [3.05, 3.63) is 35.9 Å². The van der Waals surface area contributed by atoms with Gasteiger partial charge in [0.15, 0.2) is 0 Å². The Morgan fingerprint density at radius 2 is 2.33 bits per heavy atom. The monoisotopic (exact) mass is 243 g/mol. The highest BCUT2D eigenvalue weighted by molar-refractivity contribution is 5.94. The van der Waals surface area contributed by atoms with Gasteiger partial charge in [0.2, 0.25) is 0 Å². The van der Waals surface area contributed by atoms with Crippen molar-refractivity contribution >= 4 is 11.7 Å². The van der Waals surface area contributed by atoms with Crippen molar-refractivity contribution in [1.82, 2.24) is 14.8 Å². The van der Waals surface area contributed by atoms with E-state index in [1.165, 1.54) is 24.2 Å². The molecular weight excluding hydrogens is 234 g/mol. The zero-order valence-electron chi connectivity index (χ0n) is 9.49. The predicted molar refractivity (Wildman–Crippen MR) is 61.8 cm³/mol. The Bertz CT molecular complexity index is 641. The fraction of sp³-hybridized carbons (Fsp3) is 0.0909. The highest BCUT2D eigenvalue weighted by Crippen LogP contribution is 2.18. The lowest BCUT2D eigenvalue weighted by Crippen LogP contribution is -2.09. The third kappa shape index (κ3) is 1.99. The molecule has 0 unspecified atom stereocenters. The first-order chi connectivity index (χ1) is 8.65. The maximum absolute atomic E-state index is 11.6. The van der Waals surface area contributed by atoms with E-state index in [4.69, 9.17) is 11.0 Å². The Hall–Kier alpha value is -2.88. The van der Waals surface area contributed by atoms with E-state index < -0.39 is 5.97 Å². The number of nitrogen functional groups attached to an aromatic ring is 1. The van der Waals surface area contributed by atoms with Gasteiger partial charge in [-0.15, -0.1) is 5.10 Å². The number of benzene rings is 1. The van der Waals surface area contributed by atoms with Gasteiger partial charge in [0.1, 0.15) is 12.4 Å². The van der Waals surface area contributed by atoms with E-state index >= 15 is 0 Å². The number of nitrogens with zero attached hydrogens (tertiary/aromatic N) is 4. The lowest BCUT2D eigenvalue weighted by Gasteiger charge is -2.07. The Labute approximate surface area is 102 Å². The molecule has 18 heavy (non-hydrogen) atoms. The molecule has 0 fully saturated rings. The molecule has 0 aliphatic rings. The number of nitrogens with two attached hydrogens (primary N) is 1. The smallest absolute Gasteiger partial charge is 0.340 e. The van der Waals surface area contributed by atoms with Crippen LogP contribution in [0.25, 0.3) is 5.69 Å². The number of esters is 1. The quantitative estimate of drug-likeness (QED) is 0.608. The van der Waals surface area contributed by atoms with Gasteiger partial charge in [-0.05, 0) is 18.2 Å². The van der Waals surface area contributed by atoms with Gasteiger partial charge < -0.3 is 10.5 Å². The van der Waals surface area contributed by atoms with Crippen molar-refractivity contribution in [1.29, 1.82) is 5.26 Å². The maximum atomic E-state index is 11.6. The van der Waals surface area contributed by atoms with Crippen LogP contribution < -0.4 is 5.73 Å². The standard InChI is InChI=1S/C11H9N5O2/c1-18-11(17)8-4-7(13)2-3-9(8)16-6-14-10(5-12)15-16/h2-4,6H,13H2,1H3. The average Bonchev–Trinajstić information content (AvgIpc) is 2.86. The van der Waals surface area contributed by atoms with E-state index in [1.54, 1.807) is 12.1 Å². The summed E-state index contributed by atoms with van der Waals surface area (Å²) in [5.74, 6) is -0.519. The van der Waals surface area contributed by atoms with Crippen molar-refractivity contribution in [3.8, 4) is 11.8 Å². The third-order valence-corrected chi connectivity index (χ3v) is 2.26. The van der Waals surface area contributed by atoms with Crippen LogP contribution in [0.2, 0.25) is 0 Å². The number of rotatable bonds is 2. The summed E-state index contributed by atoms with van der Waals surface area (Å²) in [6.07, 6.45) is 1.34. The van der Waals surface area contributed by atoms with Crippen molar-refractivity contribution in [2.45, 2.75) is 0 Å². The molecule has 0 spiro atoms. The van der Waals surface area contributed by atoms with E-state index in [0.29, 0.717) is 11.4 Å². The summed E-state index contributed by atoms with van der Waals surface area (Å²) < 4.78 is 5.99. The molecule has 2 rings (SSSR count). The molecule has 1 aromatic heterocycles. The van der Waals surface area contributed by atoms with Crippen LogP contribution in [-0.4, -0.2) is 27.8 Å². The van der Waals surface area contributed by atoms with E-state index in [0.717, 1.165) is 0 Å². The molecule has 0 aliphatic carbocycles. The Balaban J connectivity index is 2.56. The van der Waals surface area contributed by atoms with Crippen LogP contribution in [0.5, 0.6) is 0 Å². The minimum atomic E-state index is -0.536. The summed E-state index contributed by atoms with van der Waals surface area (Å²) in [4.78, 5) is 15.4. The van der Waals surface area contributed by atoms with Gasteiger partial charge in [-0.1, -0.05) is 0 Å². The molecule has 2 N–H and O–H groups in total. The lowest BCUT2D eigenvalue weighted by molar-refractivity contribution is 0.0600. The van der Waals surface area contributed by atoms with Crippen molar-refractivity contribution in [3.63, 3.8) is 0 Å². The molecule has 1 aromatic carbocycles. The van der Waals surface area contributed by atoms with Crippen molar-refractivity contribution in [2.24, 2.45) is 0 Å². The number of nitriles is 1. The van der Waals surface area contributed by atoms with Gasteiger partial charge in [0, 0.05) is 5.69 Å². The minimum Gasteiger partial charge on any atom is -0.465 e. The second-order valence-electron chi connectivity index (χ2n) is 3.39. The number of carbonyl (C=O) groups is 1. The molecular formula is C11H9N5O2. The van der Waals surface area contributed by atoms with Gasteiger partial charge in [-0.3, -0.25) is 0 Å². The fourth-order valence-corrected chi connectivity index (χ4v) is 1.46. The van der Waals surface area contributed by atoms with E-state index in [-0.39, 0.29) is 11.4 Å². The highest BCUT2D eigenvalue weighted by Gasteiger charge is 2.15. The zero-order valence-corrected chi connectivity index (χ0v) is 9.49. The third-order valence-electron chi connectivity index (χ3n) is 2.26. The largest absolute Gasteiger partial charge is 0.465 e. The maximum Gasteiger partial charge on any atom is 0.340 e. The first-order valence-corrected chi connectivity index (χ1v) is 4.95. The number of ether oxygens (including phenoxy) is 1. The summed E-state index contributed by atoms with van der Waals surface area (Å²) in [6, 6.07) is 6.52. The van der Waals surface area contributed by atoms with Crippen LogP contribution in [0.15, 0.2) is 24.5 Å². The Morgan fingerprint density at radius 3 is 2.94 bits per heavy atom. The van der Waals surface area contributed by atoms with Crippen molar-refractivity contribution < 1.29 is 9.53 Å². The first-order valence-electron chi connectivity index (χ1n) is 4.95. The van der Waals surface area contributed by atoms with E-state index in [2.05, 4.69) is 14.8 Å². The fourth-order valence-electron chi connectivity index (χ4n) is 1.46. The normalized spacial score (nSPS) is 9.78. The molecule has 0 bridgehead atoms. The number of methoxy groups -OCH3 is 1. The molecule has 90 valence electrons. The summed E-state index contributed by atoms with van der Waals surface area (Å²) in [7, 11) is 1.28. The molecule has 0 atom stereocenters. The molecule has 0 aliphatic heterocycles. The van der Waals surface area contributed by atoms with Crippen LogP contribution >= 0.6 is 0 Å². The number of anilines is 1. The van der Waals surface area contributed by atoms with Gasteiger partial charge in [0.05, 0.1) is 18.4 Å². The number of aromatic nitrogens is 3. The molecule has 2 aromatic rings. The first kappa shape index (κ1) is 11.6. The van der Waals surface area contributed by atoms with E-state index in [9.17, 15) is 4.79 Å². The summed E-state index contributed by atoms with van der Waals surface area (Å²) in [5, 5.41) is 12.6. The molecule has 7 heteroatoms. The molecule has 1 heterocycles. The predicted octanol–water partition coefficient (Wildman–Crippen LogP) is 0.508. The summed E-state index contributed by atoms with van der Waals surface area (Å²) in [6.45, 7) is 0. The van der Waals surface area contributed by atoms with Crippen LogP contribution in [0.4, 0.5) is 5.69 Å². The van der Waals surface area contributed by atoms with Gasteiger partial charge in [-0.25, -0.2) is 14.5 Å². The van der Waals surface area contributed by atoms with E-state index in [1.807, 2.05) is 6.07 Å². The molecule has 0 amide bonds. The zero-order chi connectivity index (χ0) is 13.1. The van der Waals surface area contributed by atoms with Crippen LogP contribution in [0.3, 0.4) is 0 Å². The molecule has 7 nitrogen and oxygen atoms in total. The average molecular weight is 243 g/mol. The number of hydrogen-bond acceptors (Lipinski definition) is 6. The summed E-state index contributed by atoms with van der Waals surface area (Å²) >= 11 is 0. The van der Waals surface area contributed by atoms with Crippen LogP contribution in [0.1, 0.15) is 16.2 Å². The Kier molecular flexibility index (Phi) is 2.93. The molecule has 0 saturated carbocycles. The highest BCUT2D eigenvalue weighted by atomic mass is 16.5. The number of hydrogen-bond donors (Lipinski definition) is 1. The second-order valence-corrected chi connectivity index (χ2v) is 3.39. The van der Waals surface area contributed by atoms with Gasteiger partial charge in [-0.2, -0.15) is 5.26 Å². The van der Waals surface area contributed by atoms with Crippen LogP contribution in [-0.2, 0) is 4.74 Å². The SMILES string of the molecule is COC(=O)c1cc(N)ccc1-n1cnc(C#N)n1. The van der Waals surface area contributed by atoms with Gasteiger partial charge in [0.25, 0.3) is 5.82 Å². The molecule has 0 radical (unpaired) electrons. The number of carbonyl (C=O) groups excluding carboxylic acids is 1. The second kappa shape index (κ2) is 4.55. The van der Waals surface area contributed by atoms with Crippen molar-refractivity contribution in [2.75, 3.05) is 12.8 Å².